The van der Waals surface area contributed by atoms with Crippen molar-refractivity contribution in [3.8, 4) is 0 Å². The monoisotopic (exact) mass is 250 g/mol. The minimum atomic E-state index is 0.437. The van der Waals surface area contributed by atoms with E-state index < -0.39 is 0 Å². The predicted octanol–water partition coefficient (Wildman–Crippen LogP) is 3.36. The van der Waals surface area contributed by atoms with Gasteiger partial charge in [-0.05, 0) is 25.1 Å². The number of hydrogen-bond donors (Lipinski definition) is 0. The lowest BCUT2D eigenvalue weighted by Gasteiger charge is -2.19. The molecule has 0 aliphatic carbocycles. The Bertz CT molecular complexity index is 496. The number of halogens is 1. The maximum Gasteiger partial charge on any atom is 0.105 e. The van der Waals surface area contributed by atoms with E-state index in [1.165, 1.54) is 5.56 Å². The molecule has 0 bridgehead atoms. The first kappa shape index (κ1) is 12.0. The van der Waals surface area contributed by atoms with Gasteiger partial charge < -0.3 is 9.32 Å². The largest absolute Gasteiger partial charge is 0.469 e. The Balaban J connectivity index is 2.14. The van der Waals surface area contributed by atoms with Gasteiger partial charge in [-0.15, -0.1) is 11.6 Å². The number of nitrogens with zero attached hydrogens (tertiary/aromatic N) is 2. The van der Waals surface area contributed by atoms with Crippen LogP contribution in [0.4, 0.5) is 5.69 Å². The van der Waals surface area contributed by atoms with Crippen molar-refractivity contribution in [2.24, 2.45) is 0 Å². The first-order valence-corrected chi connectivity index (χ1v) is 5.99. The van der Waals surface area contributed by atoms with E-state index in [1.807, 2.05) is 32.2 Å². The number of anilines is 1. The molecular formula is C13H15ClN2O. The molecule has 3 nitrogen and oxygen atoms in total. The molecule has 2 rings (SSSR count). The van der Waals surface area contributed by atoms with Crippen LogP contribution in [0.5, 0.6) is 0 Å². The molecule has 0 radical (unpaired) electrons. The summed E-state index contributed by atoms with van der Waals surface area (Å²) < 4.78 is 5.29. The summed E-state index contributed by atoms with van der Waals surface area (Å²) in [5.41, 5.74) is 3.19. The predicted molar refractivity (Wildman–Crippen MR) is 69.3 cm³/mol. The first-order chi connectivity index (χ1) is 8.20. The van der Waals surface area contributed by atoms with Crippen molar-refractivity contribution < 1.29 is 4.42 Å². The highest BCUT2D eigenvalue weighted by atomic mass is 35.5. The van der Waals surface area contributed by atoms with E-state index in [1.54, 1.807) is 12.5 Å². The van der Waals surface area contributed by atoms with Gasteiger partial charge in [0.05, 0.1) is 17.8 Å². The second-order valence-electron chi connectivity index (χ2n) is 4.00. The zero-order chi connectivity index (χ0) is 12.3. The summed E-state index contributed by atoms with van der Waals surface area (Å²) in [7, 11) is 2.04. The van der Waals surface area contributed by atoms with E-state index in [2.05, 4.69) is 9.88 Å². The lowest BCUT2D eigenvalue weighted by molar-refractivity contribution is 0.529. The summed E-state index contributed by atoms with van der Waals surface area (Å²) in [6.45, 7) is 2.79. The van der Waals surface area contributed by atoms with Crippen LogP contribution in [0, 0.1) is 6.92 Å². The average Bonchev–Trinajstić information content (AvgIpc) is 2.75. The highest BCUT2D eigenvalue weighted by molar-refractivity contribution is 6.16. The summed E-state index contributed by atoms with van der Waals surface area (Å²) in [6.07, 6.45) is 3.50. The first-order valence-electron chi connectivity index (χ1n) is 5.45. The van der Waals surface area contributed by atoms with Crippen LogP contribution >= 0.6 is 11.6 Å². The van der Waals surface area contributed by atoms with Crippen molar-refractivity contribution in [2.45, 2.75) is 19.3 Å². The highest BCUT2D eigenvalue weighted by Gasteiger charge is 2.07. The number of pyridine rings is 1. The topological polar surface area (TPSA) is 29.3 Å². The molecule has 17 heavy (non-hydrogen) atoms. The van der Waals surface area contributed by atoms with Gasteiger partial charge in [-0.2, -0.15) is 0 Å². The molecule has 0 aliphatic heterocycles. The molecule has 2 aromatic heterocycles. The van der Waals surface area contributed by atoms with Gasteiger partial charge in [0.15, 0.2) is 0 Å². The van der Waals surface area contributed by atoms with Crippen molar-refractivity contribution in [1.29, 1.82) is 0 Å². The van der Waals surface area contributed by atoms with Gasteiger partial charge in [0.25, 0.3) is 0 Å². The SMILES string of the molecule is Cc1occc1CN(C)c1ccnc(CCl)c1. The average molecular weight is 251 g/mol. The molecule has 0 atom stereocenters. The molecule has 0 fully saturated rings. The smallest absolute Gasteiger partial charge is 0.105 e. The molecule has 0 saturated carbocycles. The minimum absolute atomic E-state index is 0.437. The Kier molecular flexibility index (Phi) is 3.69. The Hall–Kier alpha value is -1.48. The van der Waals surface area contributed by atoms with Gasteiger partial charge in [0, 0.05) is 31.0 Å². The van der Waals surface area contributed by atoms with E-state index in [0.717, 1.165) is 23.7 Å². The quantitative estimate of drug-likeness (QED) is 0.780. The lowest BCUT2D eigenvalue weighted by Crippen LogP contribution is -2.16. The number of furan rings is 1. The molecular weight excluding hydrogens is 236 g/mol. The van der Waals surface area contributed by atoms with Gasteiger partial charge in [-0.25, -0.2) is 0 Å². The van der Waals surface area contributed by atoms with Gasteiger partial charge in [-0.1, -0.05) is 0 Å². The molecule has 2 heterocycles. The molecule has 90 valence electrons. The minimum Gasteiger partial charge on any atom is -0.469 e. The number of aryl methyl sites for hydroxylation is 1. The zero-order valence-electron chi connectivity index (χ0n) is 9.98. The molecule has 2 aromatic rings. The third kappa shape index (κ3) is 2.80. The van der Waals surface area contributed by atoms with Crippen molar-refractivity contribution >= 4 is 17.3 Å². The van der Waals surface area contributed by atoms with Gasteiger partial charge in [0.1, 0.15) is 5.76 Å². The second-order valence-corrected chi connectivity index (χ2v) is 4.26. The lowest BCUT2D eigenvalue weighted by atomic mass is 10.2. The summed E-state index contributed by atoms with van der Waals surface area (Å²) in [6, 6.07) is 5.98. The van der Waals surface area contributed by atoms with E-state index in [9.17, 15) is 0 Å². The van der Waals surface area contributed by atoms with Crippen LogP contribution in [0.1, 0.15) is 17.0 Å². The van der Waals surface area contributed by atoms with Crippen LogP contribution in [0.25, 0.3) is 0 Å². The van der Waals surface area contributed by atoms with Crippen LogP contribution < -0.4 is 4.90 Å². The Labute approximate surface area is 106 Å². The van der Waals surface area contributed by atoms with Gasteiger partial charge in [0.2, 0.25) is 0 Å². The standard InChI is InChI=1S/C13H15ClN2O/c1-10-11(4-6-17-10)9-16(2)13-3-5-15-12(7-13)8-14/h3-7H,8-9H2,1-2H3. The fraction of sp³-hybridized carbons (Fsp3) is 0.308. The fourth-order valence-electron chi connectivity index (χ4n) is 1.70. The number of aromatic nitrogens is 1. The highest BCUT2D eigenvalue weighted by Crippen LogP contribution is 2.18. The Morgan fingerprint density at radius 1 is 1.41 bits per heavy atom. The summed E-state index contributed by atoms with van der Waals surface area (Å²) in [5.74, 6) is 1.40. The fourth-order valence-corrected chi connectivity index (χ4v) is 1.84. The van der Waals surface area contributed by atoms with Crippen LogP contribution in [0.15, 0.2) is 35.1 Å². The Morgan fingerprint density at radius 3 is 2.88 bits per heavy atom. The van der Waals surface area contributed by atoms with Crippen LogP contribution in [0.2, 0.25) is 0 Å². The van der Waals surface area contributed by atoms with Crippen molar-refractivity contribution in [3.05, 3.63) is 47.7 Å². The third-order valence-corrected chi connectivity index (χ3v) is 3.03. The number of rotatable bonds is 4. The Morgan fingerprint density at radius 2 is 2.24 bits per heavy atom. The number of hydrogen-bond acceptors (Lipinski definition) is 3. The van der Waals surface area contributed by atoms with Crippen LogP contribution in [0.3, 0.4) is 0 Å². The maximum atomic E-state index is 5.78. The van der Waals surface area contributed by atoms with Crippen LogP contribution in [-0.2, 0) is 12.4 Å². The van der Waals surface area contributed by atoms with E-state index >= 15 is 0 Å². The van der Waals surface area contributed by atoms with E-state index in [0.29, 0.717) is 5.88 Å². The zero-order valence-corrected chi connectivity index (χ0v) is 10.7. The van der Waals surface area contributed by atoms with E-state index in [-0.39, 0.29) is 0 Å². The third-order valence-electron chi connectivity index (χ3n) is 2.75. The normalized spacial score (nSPS) is 10.5. The number of alkyl halides is 1. The van der Waals surface area contributed by atoms with Gasteiger partial charge >= 0.3 is 0 Å². The molecule has 0 unspecified atom stereocenters. The van der Waals surface area contributed by atoms with Gasteiger partial charge in [-0.3, -0.25) is 4.98 Å². The maximum absolute atomic E-state index is 5.78. The molecule has 0 amide bonds. The summed E-state index contributed by atoms with van der Waals surface area (Å²) in [5, 5.41) is 0. The molecule has 0 aliphatic rings. The second kappa shape index (κ2) is 5.23. The summed E-state index contributed by atoms with van der Waals surface area (Å²) >= 11 is 5.78. The molecule has 0 aromatic carbocycles. The molecule has 0 spiro atoms. The van der Waals surface area contributed by atoms with E-state index in [4.69, 9.17) is 16.0 Å². The molecule has 0 N–H and O–H groups in total. The van der Waals surface area contributed by atoms with Crippen molar-refractivity contribution in [2.75, 3.05) is 11.9 Å². The molecule has 4 heteroatoms. The molecule has 0 saturated heterocycles. The van der Waals surface area contributed by atoms with Crippen molar-refractivity contribution in [1.82, 2.24) is 4.98 Å². The van der Waals surface area contributed by atoms with Crippen LogP contribution in [-0.4, -0.2) is 12.0 Å². The van der Waals surface area contributed by atoms with Crippen molar-refractivity contribution in [3.63, 3.8) is 0 Å². The summed E-state index contributed by atoms with van der Waals surface area (Å²) in [4.78, 5) is 6.33.